The van der Waals surface area contributed by atoms with Crippen LogP contribution in [0.3, 0.4) is 0 Å². The Morgan fingerprint density at radius 2 is 1.95 bits per heavy atom. The Morgan fingerprint density at radius 3 is 2.53 bits per heavy atom. The second kappa shape index (κ2) is 6.87. The van der Waals surface area contributed by atoms with Crippen molar-refractivity contribution in [3.63, 3.8) is 0 Å². The van der Waals surface area contributed by atoms with Gasteiger partial charge in [-0.1, -0.05) is 6.92 Å². The Kier molecular flexibility index (Phi) is 5.43. The minimum atomic E-state index is 0.478. The molecule has 1 aliphatic rings. The predicted octanol–water partition coefficient (Wildman–Crippen LogP) is 3.75. The molecular weight excluding hydrogens is 252 g/mol. The summed E-state index contributed by atoms with van der Waals surface area (Å²) < 4.78 is 0. The van der Waals surface area contributed by atoms with Gasteiger partial charge in [0.05, 0.1) is 0 Å². The predicted molar refractivity (Wildman–Crippen MR) is 85.0 cm³/mol. The molecule has 2 heterocycles. The molecule has 2 nitrogen and oxygen atoms in total. The summed E-state index contributed by atoms with van der Waals surface area (Å²) in [5.41, 5.74) is 1.48. The van der Waals surface area contributed by atoms with Crippen molar-refractivity contribution in [3.8, 4) is 0 Å². The van der Waals surface area contributed by atoms with Gasteiger partial charge in [0.15, 0.2) is 0 Å². The molecule has 19 heavy (non-hydrogen) atoms. The fraction of sp³-hybridized carbons (Fsp3) is 0.750. The molecule has 2 rings (SSSR count). The quantitative estimate of drug-likeness (QED) is 0.854. The van der Waals surface area contributed by atoms with Crippen molar-refractivity contribution in [2.24, 2.45) is 5.92 Å². The molecule has 0 aromatic carbocycles. The zero-order chi connectivity index (χ0) is 13.8. The van der Waals surface area contributed by atoms with E-state index in [2.05, 4.69) is 44.0 Å². The van der Waals surface area contributed by atoms with Crippen molar-refractivity contribution in [1.82, 2.24) is 10.2 Å². The van der Waals surface area contributed by atoms with Gasteiger partial charge in [-0.3, -0.25) is 0 Å². The average Bonchev–Trinajstić information content (AvgIpc) is 2.96. The number of rotatable bonds is 6. The number of hydrogen-bond donors (Lipinski definition) is 1. The lowest BCUT2D eigenvalue weighted by Gasteiger charge is -2.22. The summed E-state index contributed by atoms with van der Waals surface area (Å²) in [7, 11) is 0. The van der Waals surface area contributed by atoms with Crippen molar-refractivity contribution in [1.29, 1.82) is 0 Å². The Hall–Kier alpha value is -0.380. The Labute approximate surface area is 122 Å². The first-order valence-electron chi connectivity index (χ1n) is 7.59. The molecule has 1 N–H and O–H groups in total. The van der Waals surface area contributed by atoms with Crippen LogP contribution < -0.4 is 5.32 Å². The van der Waals surface area contributed by atoms with E-state index in [0.29, 0.717) is 6.04 Å². The van der Waals surface area contributed by atoms with E-state index in [9.17, 15) is 0 Å². The van der Waals surface area contributed by atoms with Gasteiger partial charge in [-0.05, 0) is 70.8 Å². The van der Waals surface area contributed by atoms with Crippen LogP contribution >= 0.6 is 11.3 Å². The lowest BCUT2D eigenvalue weighted by Crippen LogP contribution is -2.32. The maximum atomic E-state index is 3.71. The first-order valence-corrected chi connectivity index (χ1v) is 8.40. The van der Waals surface area contributed by atoms with Crippen molar-refractivity contribution in [2.75, 3.05) is 26.2 Å². The lowest BCUT2D eigenvalue weighted by atomic mass is 10.1. The third-order valence-corrected chi connectivity index (χ3v) is 5.07. The molecule has 0 aliphatic carbocycles. The highest BCUT2D eigenvalue weighted by Crippen LogP contribution is 2.26. The van der Waals surface area contributed by atoms with Crippen LogP contribution in [-0.2, 0) is 0 Å². The molecule has 0 bridgehead atoms. The lowest BCUT2D eigenvalue weighted by molar-refractivity contribution is 0.279. The molecule has 1 aliphatic heterocycles. The zero-order valence-corrected chi connectivity index (χ0v) is 13.6. The second-order valence-corrected chi connectivity index (χ2v) is 7.57. The Bertz CT molecular complexity index is 393. The smallest absolute Gasteiger partial charge is 0.0302 e. The van der Waals surface area contributed by atoms with Gasteiger partial charge in [-0.15, -0.1) is 11.3 Å². The van der Waals surface area contributed by atoms with E-state index in [1.54, 1.807) is 0 Å². The molecule has 2 atom stereocenters. The standard InChI is InChI=1S/C16H28N2S/c1-12(11-18-7-5-6-8-18)10-17-14(3)16-9-13(2)19-15(16)4/h9,12,14,17H,5-8,10-11H2,1-4H3. The number of nitrogens with zero attached hydrogens (tertiary/aromatic N) is 1. The Morgan fingerprint density at radius 1 is 1.26 bits per heavy atom. The number of nitrogens with one attached hydrogen (secondary N) is 1. The molecule has 0 radical (unpaired) electrons. The number of hydrogen-bond acceptors (Lipinski definition) is 3. The van der Waals surface area contributed by atoms with E-state index in [1.165, 1.54) is 47.8 Å². The molecule has 1 aromatic heterocycles. The van der Waals surface area contributed by atoms with E-state index in [0.717, 1.165) is 12.5 Å². The van der Waals surface area contributed by atoms with Crippen molar-refractivity contribution < 1.29 is 0 Å². The van der Waals surface area contributed by atoms with Crippen LogP contribution in [0.2, 0.25) is 0 Å². The van der Waals surface area contributed by atoms with Crippen LogP contribution in [0.15, 0.2) is 6.07 Å². The SMILES string of the molecule is Cc1cc(C(C)NCC(C)CN2CCCC2)c(C)s1. The number of likely N-dealkylation sites (tertiary alicyclic amines) is 1. The van der Waals surface area contributed by atoms with Crippen LogP contribution in [0.5, 0.6) is 0 Å². The summed E-state index contributed by atoms with van der Waals surface area (Å²) >= 11 is 1.91. The molecule has 2 unspecified atom stereocenters. The van der Waals surface area contributed by atoms with E-state index in [4.69, 9.17) is 0 Å². The van der Waals surface area contributed by atoms with Crippen LogP contribution in [0.4, 0.5) is 0 Å². The summed E-state index contributed by atoms with van der Waals surface area (Å²) in [6.45, 7) is 14.1. The molecule has 0 saturated carbocycles. The molecule has 0 amide bonds. The highest BCUT2D eigenvalue weighted by molar-refractivity contribution is 7.12. The average molecular weight is 280 g/mol. The van der Waals surface area contributed by atoms with Gasteiger partial charge in [0.1, 0.15) is 0 Å². The molecule has 3 heteroatoms. The molecular formula is C16H28N2S. The van der Waals surface area contributed by atoms with Gasteiger partial charge in [-0.25, -0.2) is 0 Å². The first kappa shape index (κ1) is 15.0. The third-order valence-electron chi connectivity index (χ3n) is 4.09. The maximum Gasteiger partial charge on any atom is 0.0302 e. The molecule has 1 fully saturated rings. The summed E-state index contributed by atoms with van der Waals surface area (Å²) in [4.78, 5) is 5.49. The van der Waals surface area contributed by atoms with E-state index < -0.39 is 0 Å². The fourth-order valence-corrected chi connectivity index (χ4v) is 4.06. The molecule has 1 aromatic rings. The number of thiophene rings is 1. The van der Waals surface area contributed by atoms with Gasteiger partial charge in [-0.2, -0.15) is 0 Å². The van der Waals surface area contributed by atoms with E-state index >= 15 is 0 Å². The normalized spacial score (nSPS) is 19.8. The minimum absolute atomic E-state index is 0.478. The van der Waals surface area contributed by atoms with E-state index in [-0.39, 0.29) is 0 Å². The van der Waals surface area contributed by atoms with Gasteiger partial charge in [0, 0.05) is 22.3 Å². The number of aryl methyl sites for hydroxylation is 2. The minimum Gasteiger partial charge on any atom is -0.310 e. The zero-order valence-electron chi connectivity index (χ0n) is 12.8. The largest absolute Gasteiger partial charge is 0.310 e. The van der Waals surface area contributed by atoms with E-state index in [1.807, 2.05) is 11.3 Å². The van der Waals surface area contributed by atoms with Crippen LogP contribution in [0.25, 0.3) is 0 Å². The summed E-state index contributed by atoms with van der Waals surface area (Å²) in [6.07, 6.45) is 2.79. The highest BCUT2D eigenvalue weighted by atomic mass is 32.1. The van der Waals surface area contributed by atoms with Crippen molar-refractivity contribution >= 4 is 11.3 Å². The summed E-state index contributed by atoms with van der Waals surface area (Å²) in [6, 6.07) is 2.81. The van der Waals surface area contributed by atoms with Gasteiger partial charge in [0.2, 0.25) is 0 Å². The molecule has 1 saturated heterocycles. The van der Waals surface area contributed by atoms with Crippen molar-refractivity contribution in [3.05, 3.63) is 21.4 Å². The van der Waals surface area contributed by atoms with Crippen molar-refractivity contribution in [2.45, 2.75) is 46.6 Å². The van der Waals surface area contributed by atoms with Gasteiger partial charge < -0.3 is 10.2 Å². The third kappa shape index (κ3) is 4.30. The maximum absolute atomic E-state index is 3.71. The molecule has 108 valence electrons. The first-order chi connectivity index (χ1) is 9.06. The topological polar surface area (TPSA) is 15.3 Å². The monoisotopic (exact) mass is 280 g/mol. The molecule has 0 spiro atoms. The van der Waals surface area contributed by atoms with Crippen LogP contribution in [0.1, 0.15) is 48.0 Å². The Balaban J connectivity index is 1.76. The van der Waals surface area contributed by atoms with Crippen LogP contribution in [-0.4, -0.2) is 31.1 Å². The van der Waals surface area contributed by atoms with Gasteiger partial charge in [0.25, 0.3) is 0 Å². The van der Waals surface area contributed by atoms with Gasteiger partial charge >= 0.3 is 0 Å². The summed E-state index contributed by atoms with van der Waals surface area (Å²) in [5, 5.41) is 3.71. The highest BCUT2D eigenvalue weighted by Gasteiger charge is 2.16. The second-order valence-electron chi connectivity index (χ2n) is 6.11. The fourth-order valence-electron chi connectivity index (χ4n) is 3.04. The van der Waals surface area contributed by atoms with Crippen LogP contribution in [0, 0.1) is 19.8 Å². The summed E-state index contributed by atoms with van der Waals surface area (Å²) in [5.74, 6) is 0.737.